The van der Waals surface area contributed by atoms with Crippen molar-refractivity contribution in [2.24, 2.45) is 0 Å². The predicted molar refractivity (Wildman–Crippen MR) is 217 cm³/mol. The number of unbranched alkanes of at least 4 members (excludes halogenated alkanes) is 8. The number of esters is 2. The molecule has 1 unspecified atom stereocenters. The molecule has 2 atom stereocenters. The van der Waals surface area contributed by atoms with E-state index in [2.05, 4.69) is 79.1 Å². The molecule has 0 aromatic rings. The monoisotopic (exact) mass is 760 g/mol. The van der Waals surface area contributed by atoms with Crippen LogP contribution in [0.1, 0.15) is 136 Å². The van der Waals surface area contributed by atoms with Crippen molar-refractivity contribution >= 4 is 19.8 Å². The van der Waals surface area contributed by atoms with E-state index >= 15 is 0 Å². The number of hydrogen-bond acceptors (Lipinski definition) is 7. The van der Waals surface area contributed by atoms with Gasteiger partial charge in [-0.05, 0) is 77.0 Å². The lowest BCUT2D eigenvalue weighted by Gasteiger charge is -2.18. The van der Waals surface area contributed by atoms with Gasteiger partial charge in [-0.15, -0.1) is 0 Å². The molecular formula is C43H69O9P. The molecule has 300 valence electrons. The highest BCUT2D eigenvalue weighted by molar-refractivity contribution is 7.46. The molecule has 0 saturated carbocycles. The molecule has 0 aromatic carbocycles. The molecule has 0 rings (SSSR count). The van der Waals surface area contributed by atoms with Gasteiger partial charge in [0.2, 0.25) is 0 Å². The van der Waals surface area contributed by atoms with E-state index in [1.165, 1.54) is 19.3 Å². The number of rotatable bonds is 34. The lowest BCUT2D eigenvalue weighted by Crippen LogP contribution is -2.29. The number of phosphoric acid groups is 1. The van der Waals surface area contributed by atoms with Crippen LogP contribution in [0.5, 0.6) is 0 Å². The smallest absolute Gasteiger partial charge is 0.462 e. The van der Waals surface area contributed by atoms with Gasteiger partial charge < -0.3 is 24.4 Å². The summed E-state index contributed by atoms with van der Waals surface area (Å²) >= 11 is 0. The minimum atomic E-state index is -4.81. The van der Waals surface area contributed by atoms with Crippen LogP contribution in [-0.4, -0.2) is 52.3 Å². The Morgan fingerprint density at radius 3 is 1.81 bits per heavy atom. The van der Waals surface area contributed by atoms with Crippen LogP contribution in [0.4, 0.5) is 0 Å². The van der Waals surface area contributed by atoms with E-state index in [0.29, 0.717) is 19.3 Å². The molecule has 9 nitrogen and oxygen atoms in total. The summed E-state index contributed by atoms with van der Waals surface area (Å²) in [6, 6.07) is 0. The molecule has 0 aliphatic carbocycles. The molecule has 53 heavy (non-hydrogen) atoms. The van der Waals surface area contributed by atoms with Crippen molar-refractivity contribution in [3.63, 3.8) is 0 Å². The molecule has 0 spiro atoms. The Hall–Kier alpha value is -3.07. The van der Waals surface area contributed by atoms with Gasteiger partial charge in [0, 0.05) is 12.8 Å². The molecule has 0 fully saturated rings. The van der Waals surface area contributed by atoms with Crippen molar-refractivity contribution in [1.29, 1.82) is 0 Å². The van der Waals surface area contributed by atoms with Gasteiger partial charge in [0.25, 0.3) is 0 Å². The van der Waals surface area contributed by atoms with E-state index in [0.717, 1.165) is 70.6 Å². The minimum absolute atomic E-state index is 0.00327. The van der Waals surface area contributed by atoms with Crippen LogP contribution >= 0.6 is 7.82 Å². The zero-order valence-electron chi connectivity index (χ0n) is 32.5. The van der Waals surface area contributed by atoms with Gasteiger partial charge in [0.05, 0.1) is 12.7 Å². The first-order chi connectivity index (χ1) is 25.7. The largest absolute Gasteiger partial charge is 0.469 e. The molecule has 10 heteroatoms. The van der Waals surface area contributed by atoms with Crippen LogP contribution < -0.4 is 0 Å². The highest BCUT2D eigenvalue weighted by Crippen LogP contribution is 2.35. The fraction of sp³-hybridized carbons (Fsp3) is 0.581. The summed E-state index contributed by atoms with van der Waals surface area (Å²) < 4.78 is 26.2. The zero-order valence-corrected chi connectivity index (χ0v) is 33.4. The van der Waals surface area contributed by atoms with Gasteiger partial charge in [-0.25, -0.2) is 4.57 Å². The molecule has 0 aromatic heterocycles. The van der Waals surface area contributed by atoms with Gasteiger partial charge in [0.1, 0.15) is 6.61 Å². The Morgan fingerprint density at radius 1 is 0.604 bits per heavy atom. The summed E-state index contributed by atoms with van der Waals surface area (Å²) in [7, 11) is -4.81. The third-order valence-corrected chi connectivity index (χ3v) is 8.17. The number of allylic oxidation sites excluding steroid dienone is 14. The second-order valence-corrected chi connectivity index (χ2v) is 14.0. The normalized spacial score (nSPS) is 14.1. The average molecular weight is 761 g/mol. The van der Waals surface area contributed by atoms with Gasteiger partial charge in [-0.2, -0.15) is 0 Å². The van der Waals surface area contributed by atoms with Crippen molar-refractivity contribution in [3.05, 3.63) is 97.2 Å². The first-order valence-corrected chi connectivity index (χ1v) is 21.2. The number of hydrogen-bond donors (Lipinski definition) is 3. The summed E-state index contributed by atoms with van der Waals surface area (Å²) in [5.41, 5.74) is 0. The average Bonchev–Trinajstić information content (AvgIpc) is 3.12. The summed E-state index contributed by atoms with van der Waals surface area (Å²) in [6.45, 7) is 3.36. The second kappa shape index (κ2) is 37.3. The summed E-state index contributed by atoms with van der Waals surface area (Å²) in [5.74, 6) is -1.09. The van der Waals surface area contributed by atoms with Gasteiger partial charge in [-0.1, -0.05) is 143 Å². The van der Waals surface area contributed by atoms with E-state index < -0.39 is 38.6 Å². The van der Waals surface area contributed by atoms with E-state index in [1.807, 2.05) is 12.2 Å². The standard InChI is InChI=1S/C43H69O9P/c1-3-5-7-9-11-13-15-17-18-20-22-24-26-28-32-36-42(45)50-38-41(39-51-53(47,48)49)52-43(46)37-33-29-31-35-40(44)34-30-27-25-23-21-19-16-14-12-10-8-6-4-2/h6,8,11-14,17-19,21,25,27,29-31,34,40-41,44H,3-5,7,9-10,15-16,20,22-24,26,28,32-33,35-39H2,1-2H3,(H2,47,48,49)/b8-6-,13-11-,14-12-,18-17-,21-19-,27-25-,31-29-,34-30-/t40?,41-/m1/s1. The van der Waals surface area contributed by atoms with E-state index in [9.17, 15) is 19.3 Å². The maximum atomic E-state index is 12.4. The molecule has 0 aliphatic rings. The maximum Gasteiger partial charge on any atom is 0.469 e. The molecule has 0 heterocycles. The number of ether oxygens (including phenoxy) is 2. The Kier molecular flexibility index (Phi) is 35.1. The number of aliphatic hydroxyl groups is 1. The van der Waals surface area contributed by atoms with Gasteiger partial charge >= 0.3 is 19.8 Å². The highest BCUT2D eigenvalue weighted by atomic mass is 31.2. The Balaban J connectivity index is 4.24. The molecule has 0 saturated heterocycles. The lowest BCUT2D eigenvalue weighted by atomic mass is 10.1. The van der Waals surface area contributed by atoms with Gasteiger partial charge in [0.15, 0.2) is 6.10 Å². The van der Waals surface area contributed by atoms with Crippen LogP contribution in [0.15, 0.2) is 97.2 Å². The Labute approximate surface area is 320 Å². The molecular weight excluding hydrogens is 691 g/mol. The van der Waals surface area contributed by atoms with E-state index in [4.69, 9.17) is 19.3 Å². The minimum Gasteiger partial charge on any atom is -0.462 e. The topological polar surface area (TPSA) is 140 Å². The van der Waals surface area contributed by atoms with Crippen LogP contribution in [0, 0.1) is 0 Å². The number of aliphatic hydroxyl groups excluding tert-OH is 1. The number of carbonyl (C=O) groups excluding carboxylic acids is 2. The summed E-state index contributed by atoms with van der Waals surface area (Å²) in [5, 5.41) is 10.1. The van der Waals surface area contributed by atoms with Crippen molar-refractivity contribution < 1.29 is 43.0 Å². The van der Waals surface area contributed by atoms with E-state index in [1.54, 1.807) is 24.3 Å². The van der Waals surface area contributed by atoms with Crippen LogP contribution in [0.3, 0.4) is 0 Å². The van der Waals surface area contributed by atoms with Gasteiger partial charge in [-0.3, -0.25) is 14.1 Å². The van der Waals surface area contributed by atoms with Crippen molar-refractivity contribution in [2.75, 3.05) is 13.2 Å². The summed E-state index contributed by atoms with van der Waals surface area (Å²) in [6.07, 6.45) is 47.3. The van der Waals surface area contributed by atoms with E-state index in [-0.39, 0.29) is 19.4 Å². The van der Waals surface area contributed by atoms with Crippen LogP contribution in [0.25, 0.3) is 0 Å². The Morgan fingerprint density at radius 2 is 1.17 bits per heavy atom. The molecule has 0 bridgehead atoms. The van der Waals surface area contributed by atoms with Crippen molar-refractivity contribution in [3.8, 4) is 0 Å². The molecule has 0 aliphatic heterocycles. The fourth-order valence-electron chi connectivity index (χ4n) is 4.75. The SMILES string of the molecule is CC/C=C\C/C=C\C/C=C\C/C=C\C=C/C(O)C/C=C\CCC(=O)O[C@H](COC(=O)CCCCCCC/C=C\C/C=C\CCCCC)COP(=O)(O)O. The zero-order chi connectivity index (χ0) is 39.1. The quantitative estimate of drug-likeness (QED) is 0.0192. The highest BCUT2D eigenvalue weighted by Gasteiger charge is 2.22. The first-order valence-electron chi connectivity index (χ1n) is 19.6. The molecule has 0 radical (unpaired) electrons. The maximum absolute atomic E-state index is 12.4. The third kappa shape index (κ3) is 40.0. The Bertz CT molecular complexity index is 1190. The first kappa shape index (κ1) is 49.9. The fourth-order valence-corrected chi connectivity index (χ4v) is 5.11. The number of carbonyl (C=O) groups is 2. The van der Waals surface area contributed by atoms with Crippen molar-refractivity contribution in [1.82, 2.24) is 0 Å². The third-order valence-electron chi connectivity index (χ3n) is 7.68. The van der Waals surface area contributed by atoms with Crippen molar-refractivity contribution in [2.45, 2.75) is 148 Å². The van der Waals surface area contributed by atoms with Crippen LogP contribution in [-0.2, 0) is 28.2 Å². The van der Waals surface area contributed by atoms with Crippen LogP contribution in [0.2, 0.25) is 0 Å². The lowest BCUT2D eigenvalue weighted by molar-refractivity contribution is -0.161. The second-order valence-electron chi connectivity index (χ2n) is 12.7. The number of phosphoric ester groups is 1. The summed E-state index contributed by atoms with van der Waals surface area (Å²) in [4.78, 5) is 42.7. The molecule has 0 amide bonds. The predicted octanol–water partition coefficient (Wildman–Crippen LogP) is 10.8. The molecule has 3 N–H and O–H groups in total.